The molecule has 0 aliphatic heterocycles. The van der Waals surface area contributed by atoms with Gasteiger partial charge in [-0.2, -0.15) is 0 Å². The lowest BCUT2D eigenvalue weighted by atomic mass is 10.1. The molecule has 70 valence electrons. The number of carbonyl (C=O) groups is 1. The number of ketones is 1. The Hall–Kier alpha value is -1.31. The van der Waals surface area contributed by atoms with E-state index < -0.39 is 12.8 Å². The topological polar surface area (TPSA) is 26.3 Å². The summed E-state index contributed by atoms with van der Waals surface area (Å²) in [6.45, 7) is 1.33. The molecular weight excluding hydrogens is 164 g/mol. The Labute approximate surface area is 81.3 Å². The molecule has 0 spiro atoms. The molecule has 0 aliphatic carbocycles. The molecule has 13 heavy (non-hydrogen) atoms. The van der Waals surface area contributed by atoms with Crippen molar-refractivity contribution < 1.29 is 12.3 Å². The van der Waals surface area contributed by atoms with Crippen molar-refractivity contribution in [2.24, 2.45) is 0 Å². The lowest BCUT2D eigenvalue weighted by Crippen LogP contribution is -1.94. The van der Waals surface area contributed by atoms with Crippen molar-refractivity contribution in [1.29, 1.82) is 0 Å². The monoisotopic (exact) mass is 180 g/mol. The Bertz CT molecular complexity index is 352. The fraction of sp³-hybridized carbons (Fsp3) is 0.364. The molecular formula is C11H14O2. The summed E-state index contributed by atoms with van der Waals surface area (Å²) in [6.07, 6.45) is -1.88. The minimum atomic E-state index is -1.03. The molecule has 0 fully saturated rings. The molecule has 0 bridgehead atoms. The van der Waals surface area contributed by atoms with E-state index in [9.17, 15) is 4.79 Å². The molecule has 0 amide bonds. The van der Waals surface area contributed by atoms with Crippen LogP contribution in [0.3, 0.4) is 0 Å². The highest BCUT2D eigenvalue weighted by Gasteiger charge is 1.97. The fourth-order valence-electron chi connectivity index (χ4n) is 0.959. The Morgan fingerprint density at radius 3 is 3.00 bits per heavy atom. The maximum Gasteiger partial charge on any atom is 0.130 e. The fourth-order valence-corrected chi connectivity index (χ4v) is 0.959. The van der Waals surface area contributed by atoms with Crippen LogP contribution in [0.15, 0.2) is 24.3 Å². The van der Waals surface area contributed by atoms with E-state index in [4.69, 9.17) is 7.48 Å². The van der Waals surface area contributed by atoms with Gasteiger partial charge in [0.25, 0.3) is 0 Å². The van der Waals surface area contributed by atoms with Crippen LogP contribution < -0.4 is 4.74 Å². The summed E-state index contributed by atoms with van der Waals surface area (Å²) in [4.78, 5) is 11.0. The van der Waals surface area contributed by atoms with Crippen molar-refractivity contribution in [2.75, 3.05) is 7.11 Å². The van der Waals surface area contributed by atoms with Gasteiger partial charge < -0.3 is 9.53 Å². The third-order valence-electron chi connectivity index (χ3n) is 1.60. The van der Waals surface area contributed by atoms with Gasteiger partial charge in [0.2, 0.25) is 0 Å². The summed E-state index contributed by atoms with van der Waals surface area (Å²) in [5.74, 6) is 0.346. The molecule has 2 heteroatoms. The number of benzene rings is 1. The number of ether oxygens (including phenoxy) is 1. The summed E-state index contributed by atoms with van der Waals surface area (Å²) >= 11 is 0. The van der Waals surface area contributed by atoms with E-state index in [1.54, 1.807) is 31.4 Å². The van der Waals surface area contributed by atoms with Crippen molar-refractivity contribution >= 4 is 5.78 Å². The zero-order valence-corrected chi connectivity index (χ0v) is 7.78. The molecule has 2 unspecified atom stereocenters. The summed E-state index contributed by atoms with van der Waals surface area (Å²) in [6, 6.07) is 6.93. The van der Waals surface area contributed by atoms with Crippen LogP contribution in [0.25, 0.3) is 0 Å². The van der Waals surface area contributed by atoms with Crippen LogP contribution >= 0.6 is 0 Å². The van der Waals surface area contributed by atoms with E-state index in [0.29, 0.717) is 11.3 Å². The molecule has 2 nitrogen and oxygen atoms in total. The number of hydrogen-bond acceptors (Lipinski definition) is 2. The highest BCUT2D eigenvalue weighted by atomic mass is 16.5. The van der Waals surface area contributed by atoms with Gasteiger partial charge >= 0.3 is 0 Å². The molecule has 0 radical (unpaired) electrons. The average molecular weight is 180 g/mol. The Morgan fingerprint density at radius 1 is 1.62 bits per heavy atom. The second kappa shape index (κ2) is 4.65. The number of aryl methyl sites for hydroxylation is 1. The van der Waals surface area contributed by atoms with Crippen molar-refractivity contribution in [1.82, 2.24) is 0 Å². The molecule has 1 rings (SSSR count). The highest BCUT2D eigenvalue weighted by molar-refractivity contribution is 5.75. The molecule has 0 N–H and O–H groups in total. The quantitative estimate of drug-likeness (QED) is 0.710. The predicted molar refractivity (Wildman–Crippen MR) is 52.0 cm³/mol. The minimum absolute atomic E-state index is 0.294. The first-order chi connectivity index (χ1) is 7.06. The second-order valence-corrected chi connectivity index (χ2v) is 2.72. The zero-order chi connectivity index (χ0) is 11.4. The van der Waals surface area contributed by atoms with Crippen molar-refractivity contribution in [3.63, 3.8) is 0 Å². The predicted octanol–water partition coefficient (Wildman–Crippen LogP) is 2.22. The van der Waals surface area contributed by atoms with E-state index >= 15 is 0 Å². The average Bonchev–Trinajstić information content (AvgIpc) is 2.27. The van der Waals surface area contributed by atoms with Gasteiger partial charge in [0, 0.05) is 9.14 Å². The van der Waals surface area contributed by atoms with Gasteiger partial charge in [-0.15, -0.1) is 0 Å². The molecule has 0 saturated heterocycles. The standard InChI is InChI=1S/C11H14O2/c1-9(12)6-7-10-4-3-5-11(8-10)13-2/h3-5,8H,6-7H2,1-2H3/i6D,7D. The first kappa shape index (κ1) is 7.13. The third-order valence-corrected chi connectivity index (χ3v) is 1.60. The van der Waals surface area contributed by atoms with E-state index in [2.05, 4.69) is 0 Å². The van der Waals surface area contributed by atoms with Gasteiger partial charge in [0.1, 0.15) is 11.5 Å². The number of Topliss-reactive ketones (excluding diaryl/α,β-unsaturated/α-hetero) is 1. The number of methoxy groups -OCH3 is 1. The Morgan fingerprint density at radius 2 is 2.38 bits per heavy atom. The number of rotatable bonds is 4. The van der Waals surface area contributed by atoms with E-state index in [1.807, 2.05) is 0 Å². The van der Waals surface area contributed by atoms with E-state index in [1.165, 1.54) is 6.92 Å². The summed E-state index contributed by atoms with van der Waals surface area (Å²) in [5.41, 5.74) is 0.629. The lowest BCUT2D eigenvalue weighted by molar-refractivity contribution is -0.116. The van der Waals surface area contributed by atoms with Crippen LogP contribution in [0, 0.1) is 0 Å². The minimum Gasteiger partial charge on any atom is -0.497 e. The molecule has 2 atom stereocenters. The molecule has 0 heterocycles. The van der Waals surface area contributed by atoms with E-state index in [0.717, 1.165) is 0 Å². The van der Waals surface area contributed by atoms with Crippen LogP contribution in [-0.2, 0) is 11.2 Å². The van der Waals surface area contributed by atoms with Gasteiger partial charge in [0.05, 0.1) is 7.11 Å². The largest absolute Gasteiger partial charge is 0.497 e. The normalized spacial score (nSPS) is 16.8. The van der Waals surface area contributed by atoms with Crippen LogP contribution in [0.2, 0.25) is 0 Å². The van der Waals surface area contributed by atoms with Gasteiger partial charge in [-0.25, -0.2) is 0 Å². The van der Waals surface area contributed by atoms with Gasteiger partial charge in [-0.1, -0.05) is 12.1 Å². The van der Waals surface area contributed by atoms with Crippen molar-refractivity contribution in [3.8, 4) is 5.75 Å². The Balaban J connectivity index is 2.90. The maximum atomic E-state index is 11.0. The highest BCUT2D eigenvalue weighted by Crippen LogP contribution is 2.13. The van der Waals surface area contributed by atoms with Crippen molar-refractivity contribution in [2.45, 2.75) is 19.7 Å². The van der Waals surface area contributed by atoms with Crippen LogP contribution in [0.1, 0.15) is 21.6 Å². The van der Waals surface area contributed by atoms with Crippen LogP contribution in [0.5, 0.6) is 5.75 Å². The number of carbonyl (C=O) groups excluding carboxylic acids is 1. The second-order valence-electron chi connectivity index (χ2n) is 2.72. The summed E-state index contributed by atoms with van der Waals surface area (Å²) < 4.78 is 20.3. The van der Waals surface area contributed by atoms with Crippen LogP contribution in [0.4, 0.5) is 0 Å². The first-order valence-electron chi connectivity index (χ1n) is 5.20. The summed E-state index contributed by atoms with van der Waals surface area (Å²) in [7, 11) is 1.54. The van der Waals surface area contributed by atoms with E-state index in [-0.39, 0.29) is 5.78 Å². The Kier molecular flexibility index (Phi) is 2.55. The first-order valence-corrected chi connectivity index (χ1v) is 4.05. The van der Waals surface area contributed by atoms with Gasteiger partial charge in [0.15, 0.2) is 0 Å². The van der Waals surface area contributed by atoms with Crippen LogP contribution in [-0.4, -0.2) is 12.9 Å². The SMILES string of the molecule is [2H]C(C(C)=O)C([2H])c1cccc(OC)c1. The lowest BCUT2D eigenvalue weighted by Gasteiger charge is -2.02. The molecule has 0 aromatic heterocycles. The molecule has 0 saturated carbocycles. The van der Waals surface area contributed by atoms with Gasteiger partial charge in [-0.3, -0.25) is 0 Å². The molecule has 1 aromatic rings. The zero-order valence-electron chi connectivity index (χ0n) is 9.78. The molecule has 1 aromatic carbocycles. The number of hydrogen-bond donors (Lipinski definition) is 0. The third kappa shape index (κ3) is 3.28. The maximum absolute atomic E-state index is 11.0. The molecule has 0 aliphatic rings. The van der Waals surface area contributed by atoms with Crippen molar-refractivity contribution in [3.05, 3.63) is 29.8 Å². The smallest absolute Gasteiger partial charge is 0.130 e. The summed E-state index contributed by atoms with van der Waals surface area (Å²) in [5, 5.41) is 0. The van der Waals surface area contributed by atoms with Gasteiger partial charge in [-0.05, 0) is 31.0 Å².